The fourth-order valence-electron chi connectivity index (χ4n) is 3.13. The first-order chi connectivity index (χ1) is 15.9. The highest BCUT2D eigenvalue weighted by Crippen LogP contribution is 2.30. The van der Waals surface area contributed by atoms with Gasteiger partial charge in [-0.15, -0.1) is 0 Å². The minimum absolute atomic E-state index is 0.0134. The lowest BCUT2D eigenvalue weighted by molar-refractivity contribution is -0.137. The third-order valence-electron chi connectivity index (χ3n) is 5.08. The lowest BCUT2D eigenvalue weighted by Crippen LogP contribution is -2.40. The normalized spacial score (nSPS) is 11.8. The van der Waals surface area contributed by atoms with Gasteiger partial charge in [0.05, 0.1) is 16.1 Å². The van der Waals surface area contributed by atoms with Crippen molar-refractivity contribution in [3.05, 3.63) is 94.0 Å². The van der Waals surface area contributed by atoms with Gasteiger partial charge >= 0.3 is 6.18 Å². The van der Waals surface area contributed by atoms with Crippen molar-refractivity contribution in [1.29, 1.82) is 0 Å². The molecule has 1 amide bonds. The molecule has 1 N–H and O–H groups in total. The lowest BCUT2D eigenvalue weighted by Gasteiger charge is -2.24. The number of anilines is 1. The van der Waals surface area contributed by atoms with Crippen molar-refractivity contribution < 1.29 is 26.4 Å². The summed E-state index contributed by atoms with van der Waals surface area (Å²) in [6.45, 7) is 2.78. The van der Waals surface area contributed by atoms with Gasteiger partial charge < -0.3 is 5.32 Å². The topological polar surface area (TPSA) is 66.5 Å². The second-order valence-electron chi connectivity index (χ2n) is 7.73. The van der Waals surface area contributed by atoms with Crippen LogP contribution in [0.5, 0.6) is 0 Å². The molecule has 10 heteroatoms. The number of amides is 1. The minimum Gasteiger partial charge on any atom is -0.350 e. The van der Waals surface area contributed by atoms with Crippen LogP contribution in [-0.4, -0.2) is 20.9 Å². The Balaban J connectivity index is 1.86. The van der Waals surface area contributed by atoms with Gasteiger partial charge in [-0.05, 0) is 61.4 Å². The lowest BCUT2D eigenvalue weighted by atomic mass is 10.1. The van der Waals surface area contributed by atoms with E-state index in [1.807, 2.05) is 6.92 Å². The number of nitrogens with zero attached hydrogens (tertiary/aromatic N) is 1. The molecule has 0 aliphatic heterocycles. The predicted octanol–water partition coefficient (Wildman–Crippen LogP) is 5.49. The summed E-state index contributed by atoms with van der Waals surface area (Å²) < 4.78 is 66.5. The summed E-state index contributed by atoms with van der Waals surface area (Å²) in [4.78, 5) is 12.7. The van der Waals surface area contributed by atoms with Gasteiger partial charge in [0.25, 0.3) is 10.0 Å². The fourth-order valence-corrected chi connectivity index (χ4v) is 4.72. The number of alkyl halides is 3. The van der Waals surface area contributed by atoms with E-state index in [9.17, 15) is 26.4 Å². The Morgan fingerprint density at radius 3 is 2.29 bits per heavy atom. The summed E-state index contributed by atoms with van der Waals surface area (Å²) in [5, 5.41) is 2.82. The van der Waals surface area contributed by atoms with Gasteiger partial charge in [-0.1, -0.05) is 47.5 Å². The second-order valence-corrected chi connectivity index (χ2v) is 10.0. The van der Waals surface area contributed by atoms with Crippen molar-refractivity contribution in [1.82, 2.24) is 5.32 Å². The van der Waals surface area contributed by atoms with Crippen LogP contribution in [0.25, 0.3) is 0 Å². The Morgan fingerprint density at radius 1 is 1.00 bits per heavy atom. The van der Waals surface area contributed by atoms with Crippen LogP contribution in [0.2, 0.25) is 5.02 Å². The van der Waals surface area contributed by atoms with Crippen LogP contribution in [0, 0.1) is 13.8 Å². The highest BCUT2D eigenvalue weighted by atomic mass is 35.5. The summed E-state index contributed by atoms with van der Waals surface area (Å²) in [5.41, 5.74) is 1.17. The maximum absolute atomic E-state index is 13.4. The molecule has 3 aromatic rings. The van der Waals surface area contributed by atoms with E-state index in [1.165, 1.54) is 36.4 Å². The van der Waals surface area contributed by atoms with Crippen molar-refractivity contribution in [2.45, 2.75) is 31.5 Å². The Labute approximate surface area is 201 Å². The van der Waals surface area contributed by atoms with Crippen molar-refractivity contribution in [2.24, 2.45) is 0 Å². The average Bonchev–Trinajstić information content (AvgIpc) is 2.78. The molecular formula is C24H22ClF3N2O3S. The first-order valence-electron chi connectivity index (χ1n) is 10.2. The first kappa shape index (κ1) is 25.6. The first-order valence-corrected chi connectivity index (χ1v) is 12.0. The van der Waals surface area contributed by atoms with Gasteiger partial charge in [-0.25, -0.2) is 8.42 Å². The van der Waals surface area contributed by atoms with E-state index in [1.54, 1.807) is 25.1 Å². The van der Waals surface area contributed by atoms with E-state index in [4.69, 9.17) is 11.6 Å². The van der Waals surface area contributed by atoms with Crippen LogP contribution in [0.1, 0.15) is 22.3 Å². The molecule has 3 aromatic carbocycles. The summed E-state index contributed by atoms with van der Waals surface area (Å²) >= 11 is 6.19. The number of halogens is 4. The van der Waals surface area contributed by atoms with Crippen molar-refractivity contribution in [3.63, 3.8) is 0 Å². The summed E-state index contributed by atoms with van der Waals surface area (Å²) in [6, 6.07) is 15.3. The predicted molar refractivity (Wildman–Crippen MR) is 125 cm³/mol. The molecule has 0 fully saturated rings. The number of benzene rings is 3. The summed E-state index contributed by atoms with van der Waals surface area (Å²) in [7, 11) is -4.14. The Kier molecular flexibility index (Phi) is 7.57. The van der Waals surface area contributed by atoms with E-state index in [2.05, 4.69) is 5.32 Å². The molecule has 0 spiro atoms. The number of hydrogen-bond acceptors (Lipinski definition) is 3. The van der Waals surface area contributed by atoms with Crippen LogP contribution < -0.4 is 9.62 Å². The molecule has 0 unspecified atom stereocenters. The fraction of sp³-hybridized carbons (Fsp3) is 0.208. The molecular weight excluding hydrogens is 489 g/mol. The smallest absolute Gasteiger partial charge is 0.350 e. The van der Waals surface area contributed by atoms with E-state index in [0.717, 1.165) is 27.6 Å². The zero-order valence-electron chi connectivity index (χ0n) is 18.4. The van der Waals surface area contributed by atoms with Crippen LogP contribution in [-0.2, 0) is 27.5 Å². The molecule has 0 heterocycles. The van der Waals surface area contributed by atoms with Crippen LogP contribution >= 0.6 is 11.6 Å². The number of hydrogen-bond donors (Lipinski definition) is 1. The Morgan fingerprint density at radius 2 is 1.68 bits per heavy atom. The number of carbonyl (C=O) groups is 1. The molecule has 0 radical (unpaired) electrons. The van der Waals surface area contributed by atoms with Crippen LogP contribution in [0.4, 0.5) is 18.9 Å². The van der Waals surface area contributed by atoms with Gasteiger partial charge in [-0.2, -0.15) is 13.2 Å². The molecule has 0 aliphatic rings. The molecule has 0 saturated carbocycles. The van der Waals surface area contributed by atoms with Crippen LogP contribution in [0.3, 0.4) is 0 Å². The van der Waals surface area contributed by atoms with E-state index in [0.29, 0.717) is 5.02 Å². The van der Waals surface area contributed by atoms with Crippen LogP contribution in [0.15, 0.2) is 71.6 Å². The molecule has 5 nitrogen and oxygen atoms in total. The third kappa shape index (κ3) is 6.09. The van der Waals surface area contributed by atoms with Gasteiger partial charge in [0.2, 0.25) is 5.91 Å². The number of rotatable bonds is 7. The molecule has 0 aliphatic carbocycles. The zero-order chi connectivity index (χ0) is 25.1. The van der Waals surface area contributed by atoms with E-state index in [-0.39, 0.29) is 22.7 Å². The molecule has 0 atom stereocenters. The molecule has 180 valence electrons. The van der Waals surface area contributed by atoms with E-state index < -0.39 is 34.2 Å². The largest absolute Gasteiger partial charge is 0.416 e. The maximum atomic E-state index is 13.4. The molecule has 0 bridgehead atoms. The number of nitrogens with one attached hydrogen (secondary N) is 1. The van der Waals surface area contributed by atoms with E-state index >= 15 is 0 Å². The third-order valence-corrected chi connectivity index (χ3v) is 7.28. The van der Waals surface area contributed by atoms with Gasteiger partial charge in [0, 0.05) is 11.6 Å². The molecule has 0 aromatic heterocycles. The zero-order valence-corrected chi connectivity index (χ0v) is 19.9. The minimum atomic E-state index is -4.51. The van der Waals surface area contributed by atoms with Gasteiger partial charge in [0.1, 0.15) is 6.54 Å². The Hall–Kier alpha value is -3.04. The highest BCUT2D eigenvalue weighted by molar-refractivity contribution is 7.92. The molecule has 3 rings (SSSR count). The molecule has 0 saturated heterocycles. The highest BCUT2D eigenvalue weighted by Gasteiger charge is 2.30. The number of carbonyl (C=O) groups excluding carboxylic acids is 1. The maximum Gasteiger partial charge on any atom is 0.416 e. The standard InChI is InChI=1S/C24H22ClF3N2O3S/c1-16-6-10-21(11-7-16)34(32,33)30(20-9-8-17(2)22(25)13-20)15-23(31)29-14-18-4-3-5-19(12-18)24(26,27)28/h3-13H,14-15H2,1-2H3,(H,29,31). The quantitative estimate of drug-likeness (QED) is 0.457. The van der Waals surface area contributed by atoms with Crippen molar-refractivity contribution >= 4 is 33.2 Å². The SMILES string of the molecule is Cc1ccc(S(=O)(=O)N(CC(=O)NCc2cccc(C(F)(F)F)c2)c2ccc(C)c(Cl)c2)cc1. The van der Waals surface area contributed by atoms with Gasteiger partial charge in [-0.3, -0.25) is 9.10 Å². The van der Waals surface area contributed by atoms with Crippen molar-refractivity contribution in [2.75, 3.05) is 10.8 Å². The number of sulfonamides is 1. The summed E-state index contributed by atoms with van der Waals surface area (Å²) in [6.07, 6.45) is -4.51. The Bertz CT molecular complexity index is 1290. The number of aryl methyl sites for hydroxylation is 2. The van der Waals surface area contributed by atoms with Crippen molar-refractivity contribution in [3.8, 4) is 0 Å². The monoisotopic (exact) mass is 510 g/mol. The van der Waals surface area contributed by atoms with Gasteiger partial charge in [0.15, 0.2) is 0 Å². The summed E-state index contributed by atoms with van der Waals surface area (Å²) in [5.74, 6) is -0.690. The second kappa shape index (κ2) is 10.1. The average molecular weight is 511 g/mol. The molecule has 34 heavy (non-hydrogen) atoms.